The summed E-state index contributed by atoms with van der Waals surface area (Å²) in [6, 6.07) is -0.361. The minimum Gasteiger partial charge on any atom is -0.385 e. The lowest BCUT2D eigenvalue weighted by Crippen LogP contribution is -2.46. The number of rotatable bonds is 4. The molecule has 4 heteroatoms. The Labute approximate surface area is 91.8 Å². The Morgan fingerprint density at radius 2 is 2.13 bits per heavy atom. The topological polar surface area (TPSA) is 55.6 Å². The summed E-state index contributed by atoms with van der Waals surface area (Å²) in [4.78, 5) is 13.5. The Bertz CT molecular complexity index is 199. The maximum atomic E-state index is 11.6. The van der Waals surface area contributed by atoms with E-state index < -0.39 is 0 Å². The number of amides is 1. The summed E-state index contributed by atoms with van der Waals surface area (Å²) < 4.78 is 5.06. The minimum atomic E-state index is -0.361. The van der Waals surface area contributed by atoms with E-state index in [-0.39, 0.29) is 11.9 Å². The molecule has 1 aliphatic rings. The standard InChI is InChI=1S/C11H22N2O2/c1-9(12)11(14)13-6-3-10(4-7-13)5-8-15-2/h9-10H,3-8,12H2,1-2H3/t9-/m1/s1. The molecule has 1 atom stereocenters. The number of carbonyl (C=O) groups excluding carboxylic acids is 1. The van der Waals surface area contributed by atoms with Gasteiger partial charge in [-0.15, -0.1) is 0 Å². The SMILES string of the molecule is COCCC1CCN(C(=O)[C@@H](C)N)CC1. The van der Waals surface area contributed by atoms with Crippen LogP contribution in [0.25, 0.3) is 0 Å². The molecule has 88 valence electrons. The summed E-state index contributed by atoms with van der Waals surface area (Å²) in [6.07, 6.45) is 3.28. The second kappa shape index (κ2) is 6.08. The van der Waals surface area contributed by atoms with E-state index in [2.05, 4.69) is 0 Å². The molecule has 1 fully saturated rings. The molecular formula is C11H22N2O2. The van der Waals surface area contributed by atoms with Crippen molar-refractivity contribution in [3.8, 4) is 0 Å². The number of methoxy groups -OCH3 is 1. The molecule has 0 aromatic carbocycles. The third-order valence-corrected chi connectivity index (χ3v) is 3.05. The zero-order valence-corrected chi connectivity index (χ0v) is 9.74. The summed E-state index contributed by atoms with van der Waals surface area (Å²) in [7, 11) is 1.73. The molecule has 1 saturated heterocycles. The molecule has 1 heterocycles. The van der Waals surface area contributed by atoms with E-state index in [4.69, 9.17) is 10.5 Å². The van der Waals surface area contributed by atoms with Crippen LogP contribution in [0.3, 0.4) is 0 Å². The molecule has 0 unspecified atom stereocenters. The molecule has 1 rings (SSSR count). The third kappa shape index (κ3) is 3.80. The predicted molar refractivity (Wildman–Crippen MR) is 59.4 cm³/mol. The highest BCUT2D eigenvalue weighted by Crippen LogP contribution is 2.20. The van der Waals surface area contributed by atoms with Crippen LogP contribution in [0.5, 0.6) is 0 Å². The second-order valence-corrected chi connectivity index (χ2v) is 4.34. The van der Waals surface area contributed by atoms with Crippen LogP contribution in [0.15, 0.2) is 0 Å². The van der Waals surface area contributed by atoms with E-state index in [1.54, 1.807) is 14.0 Å². The molecule has 0 spiro atoms. The van der Waals surface area contributed by atoms with Crippen molar-refractivity contribution in [1.29, 1.82) is 0 Å². The summed E-state index contributed by atoms with van der Waals surface area (Å²) in [5.41, 5.74) is 5.57. The smallest absolute Gasteiger partial charge is 0.239 e. The van der Waals surface area contributed by atoms with Crippen LogP contribution in [0.4, 0.5) is 0 Å². The minimum absolute atomic E-state index is 0.0835. The lowest BCUT2D eigenvalue weighted by molar-refractivity contribution is -0.133. The maximum Gasteiger partial charge on any atom is 0.239 e. The number of nitrogens with zero attached hydrogens (tertiary/aromatic N) is 1. The van der Waals surface area contributed by atoms with Crippen molar-refractivity contribution in [3.05, 3.63) is 0 Å². The van der Waals surface area contributed by atoms with Gasteiger partial charge < -0.3 is 15.4 Å². The molecule has 0 bridgehead atoms. The van der Waals surface area contributed by atoms with Gasteiger partial charge in [-0.05, 0) is 32.1 Å². The molecule has 1 amide bonds. The Morgan fingerprint density at radius 1 is 1.53 bits per heavy atom. The van der Waals surface area contributed by atoms with Crippen LogP contribution >= 0.6 is 0 Å². The number of ether oxygens (including phenoxy) is 1. The van der Waals surface area contributed by atoms with Crippen molar-refractivity contribution in [3.63, 3.8) is 0 Å². The monoisotopic (exact) mass is 214 g/mol. The van der Waals surface area contributed by atoms with Gasteiger partial charge in [-0.25, -0.2) is 0 Å². The summed E-state index contributed by atoms with van der Waals surface area (Å²) in [5.74, 6) is 0.794. The molecule has 0 aromatic heterocycles. The van der Waals surface area contributed by atoms with Gasteiger partial charge in [0.1, 0.15) is 0 Å². The van der Waals surface area contributed by atoms with Gasteiger partial charge in [-0.3, -0.25) is 4.79 Å². The van der Waals surface area contributed by atoms with Gasteiger partial charge in [0.05, 0.1) is 6.04 Å². The fourth-order valence-electron chi connectivity index (χ4n) is 2.01. The quantitative estimate of drug-likeness (QED) is 0.746. The summed E-state index contributed by atoms with van der Waals surface area (Å²) in [6.45, 7) is 4.29. The molecular weight excluding hydrogens is 192 g/mol. The average Bonchev–Trinajstić information content (AvgIpc) is 2.26. The Balaban J connectivity index is 2.26. The van der Waals surface area contributed by atoms with Crippen molar-refractivity contribution >= 4 is 5.91 Å². The number of piperidine rings is 1. The van der Waals surface area contributed by atoms with E-state index >= 15 is 0 Å². The Kier molecular flexibility index (Phi) is 5.05. The number of carbonyl (C=O) groups is 1. The highest BCUT2D eigenvalue weighted by molar-refractivity contribution is 5.81. The van der Waals surface area contributed by atoms with Gasteiger partial charge in [0, 0.05) is 26.8 Å². The normalized spacial score (nSPS) is 20.3. The zero-order chi connectivity index (χ0) is 11.3. The van der Waals surface area contributed by atoms with Crippen LogP contribution in [0.2, 0.25) is 0 Å². The molecule has 0 radical (unpaired) electrons. The van der Waals surface area contributed by atoms with Crippen LogP contribution in [-0.2, 0) is 9.53 Å². The van der Waals surface area contributed by atoms with E-state index in [9.17, 15) is 4.79 Å². The van der Waals surface area contributed by atoms with Crippen molar-refractivity contribution < 1.29 is 9.53 Å². The number of likely N-dealkylation sites (tertiary alicyclic amines) is 1. The number of hydrogen-bond donors (Lipinski definition) is 1. The lowest BCUT2D eigenvalue weighted by Gasteiger charge is -2.32. The molecule has 4 nitrogen and oxygen atoms in total. The van der Waals surface area contributed by atoms with Crippen LogP contribution in [0, 0.1) is 5.92 Å². The van der Waals surface area contributed by atoms with E-state index in [1.807, 2.05) is 4.90 Å². The highest BCUT2D eigenvalue weighted by atomic mass is 16.5. The Hall–Kier alpha value is -0.610. The fraction of sp³-hybridized carbons (Fsp3) is 0.909. The lowest BCUT2D eigenvalue weighted by atomic mass is 9.93. The van der Waals surface area contributed by atoms with Crippen molar-refractivity contribution in [1.82, 2.24) is 4.90 Å². The molecule has 15 heavy (non-hydrogen) atoms. The van der Waals surface area contributed by atoms with Crippen LogP contribution in [0.1, 0.15) is 26.2 Å². The van der Waals surface area contributed by atoms with Crippen molar-refractivity contribution in [2.75, 3.05) is 26.8 Å². The van der Waals surface area contributed by atoms with Crippen molar-refractivity contribution in [2.45, 2.75) is 32.2 Å². The first-order chi connectivity index (χ1) is 7.15. The van der Waals surface area contributed by atoms with E-state index in [0.29, 0.717) is 5.92 Å². The van der Waals surface area contributed by atoms with Gasteiger partial charge in [0.25, 0.3) is 0 Å². The van der Waals surface area contributed by atoms with Crippen LogP contribution < -0.4 is 5.73 Å². The second-order valence-electron chi connectivity index (χ2n) is 4.34. The number of hydrogen-bond acceptors (Lipinski definition) is 3. The van der Waals surface area contributed by atoms with Gasteiger partial charge in [0.2, 0.25) is 5.91 Å². The van der Waals surface area contributed by atoms with E-state index in [0.717, 1.165) is 39.0 Å². The first-order valence-corrected chi connectivity index (χ1v) is 5.68. The van der Waals surface area contributed by atoms with Crippen LogP contribution in [-0.4, -0.2) is 43.7 Å². The van der Waals surface area contributed by atoms with Gasteiger partial charge >= 0.3 is 0 Å². The van der Waals surface area contributed by atoms with Gasteiger partial charge in [-0.2, -0.15) is 0 Å². The van der Waals surface area contributed by atoms with Gasteiger partial charge in [-0.1, -0.05) is 0 Å². The largest absolute Gasteiger partial charge is 0.385 e. The zero-order valence-electron chi connectivity index (χ0n) is 9.74. The van der Waals surface area contributed by atoms with Crippen molar-refractivity contribution in [2.24, 2.45) is 11.7 Å². The fourth-order valence-corrected chi connectivity index (χ4v) is 2.01. The summed E-state index contributed by atoms with van der Waals surface area (Å²) in [5, 5.41) is 0. The average molecular weight is 214 g/mol. The first kappa shape index (κ1) is 12.5. The van der Waals surface area contributed by atoms with E-state index in [1.165, 1.54) is 0 Å². The molecule has 2 N–H and O–H groups in total. The first-order valence-electron chi connectivity index (χ1n) is 5.68. The highest BCUT2D eigenvalue weighted by Gasteiger charge is 2.23. The predicted octanol–water partition coefficient (Wildman–Crippen LogP) is 0.609. The molecule has 0 aromatic rings. The summed E-state index contributed by atoms with van der Waals surface area (Å²) >= 11 is 0. The molecule has 0 saturated carbocycles. The molecule has 0 aliphatic carbocycles. The Morgan fingerprint density at radius 3 is 2.60 bits per heavy atom. The number of nitrogens with two attached hydrogens (primary N) is 1. The van der Waals surface area contributed by atoms with Gasteiger partial charge in [0.15, 0.2) is 0 Å². The molecule has 1 aliphatic heterocycles. The maximum absolute atomic E-state index is 11.6. The third-order valence-electron chi connectivity index (χ3n) is 3.05.